The van der Waals surface area contributed by atoms with E-state index in [-0.39, 0.29) is 5.41 Å². The Kier molecular flexibility index (Phi) is 5.82. The Labute approximate surface area is 128 Å². The number of benzene rings is 1. The first-order valence-corrected chi connectivity index (χ1v) is 7.78. The van der Waals surface area contributed by atoms with Crippen LogP contribution < -0.4 is 4.74 Å². The quantitative estimate of drug-likeness (QED) is 0.840. The van der Waals surface area contributed by atoms with Gasteiger partial charge >= 0.3 is 5.97 Å². The summed E-state index contributed by atoms with van der Waals surface area (Å²) in [6.45, 7) is 13.0. The van der Waals surface area contributed by atoms with E-state index in [2.05, 4.69) is 41.5 Å². The molecular formula is C18H28O3. The van der Waals surface area contributed by atoms with Crippen LogP contribution in [-0.4, -0.2) is 17.7 Å². The number of hydrogen-bond acceptors (Lipinski definition) is 2. The van der Waals surface area contributed by atoms with Gasteiger partial charge in [-0.25, -0.2) is 4.79 Å². The van der Waals surface area contributed by atoms with Gasteiger partial charge in [-0.2, -0.15) is 0 Å². The molecule has 0 radical (unpaired) electrons. The number of aryl methyl sites for hydroxylation is 1. The van der Waals surface area contributed by atoms with Crippen molar-refractivity contribution in [1.29, 1.82) is 0 Å². The lowest BCUT2D eigenvalue weighted by atomic mass is 9.91. The maximum Gasteiger partial charge on any atom is 0.339 e. The minimum atomic E-state index is -0.911. The van der Waals surface area contributed by atoms with E-state index in [1.807, 2.05) is 0 Å². The molecule has 0 aliphatic rings. The normalized spacial score (nSPS) is 11.5. The van der Waals surface area contributed by atoms with Crippen molar-refractivity contribution in [3.63, 3.8) is 0 Å². The SMILES string of the molecule is CCc1cc(C(=O)O)c(OCC(C)(C)C)c(CC)c1CC. The molecule has 1 aromatic rings. The first-order valence-electron chi connectivity index (χ1n) is 7.78. The fourth-order valence-corrected chi connectivity index (χ4v) is 2.56. The molecule has 1 rings (SSSR count). The van der Waals surface area contributed by atoms with Gasteiger partial charge in [0.25, 0.3) is 0 Å². The van der Waals surface area contributed by atoms with E-state index >= 15 is 0 Å². The molecule has 0 heterocycles. The number of ether oxygens (including phenoxy) is 1. The first kappa shape index (κ1) is 17.5. The molecule has 0 amide bonds. The van der Waals surface area contributed by atoms with Gasteiger partial charge in [-0.1, -0.05) is 41.5 Å². The smallest absolute Gasteiger partial charge is 0.339 e. The Bertz CT molecular complexity index is 510. The highest BCUT2D eigenvalue weighted by molar-refractivity contribution is 5.92. The second kappa shape index (κ2) is 6.97. The molecule has 0 bridgehead atoms. The molecule has 0 saturated heterocycles. The van der Waals surface area contributed by atoms with Gasteiger partial charge in [0.1, 0.15) is 11.3 Å². The zero-order valence-electron chi connectivity index (χ0n) is 14.2. The average Bonchev–Trinajstić information content (AvgIpc) is 2.41. The standard InChI is InChI=1S/C18H28O3/c1-7-12-10-15(17(19)20)16(21-11-18(4,5)6)14(9-3)13(12)8-2/h10H,7-9,11H2,1-6H3,(H,19,20). The monoisotopic (exact) mass is 292 g/mol. The second-order valence-electron chi connectivity index (χ2n) is 6.58. The number of rotatable bonds is 6. The Morgan fingerprint density at radius 3 is 2.05 bits per heavy atom. The maximum absolute atomic E-state index is 11.6. The summed E-state index contributed by atoms with van der Waals surface area (Å²) in [7, 11) is 0. The van der Waals surface area contributed by atoms with Crippen molar-refractivity contribution in [2.24, 2.45) is 5.41 Å². The van der Waals surface area contributed by atoms with Crippen molar-refractivity contribution >= 4 is 5.97 Å². The van der Waals surface area contributed by atoms with Gasteiger partial charge in [0.05, 0.1) is 6.61 Å². The van der Waals surface area contributed by atoms with Gasteiger partial charge in [-0.15, -0.1) is 0 Å². The zero-order chi connectivity index (χ0) is 16.2. The molecule has 0 aliphatic heterocycles. The van der Waals surface area contributed by atoms with Crippen LogP contribution in [0.5, 0.6) is 5.75 Å². The summed E-state index contributed by atoms with van der Waals surface area (Å²) in [6, 6.07) is 1.79. The van der Waals surface area contributed by atoms with Crippen LogP contribution in [0, 0.1) is 5.41 Å². The van der Waals surface area contributed by atoms with Crippen LogP contribution in [0.3, 0.4) is 0 Å². The molecule has 21 heavy (non-hydrogen) atoms. The summed E-state index contributed by atoms with van der Waals surface area (Å²) in [5.74, 6) is -0.347. The molecule has 1 N–H and O–H groups in total. The fraction of sp³-hybridized carbons (Fsp3) is 0.611. The highest BCUT2D eigenvalue weighted by Crippen LogP contribution is 2.33. The highest BCUT2D eigenvalue weighted by Gasteiger charge is 2.22. The van der Waals surface area contributed by atoms with E-state index in [0.717, 1.165) is 30.4 Å². The lowest BCUT2D eigenvalue weighted by Gasteiger charge is -2.24. The molecule has 0 saturated carbocycles. The highest BCUT2D eigenvalue weighted by atomic mass is 16.5. The van der Waals surface area contributed by atoms with Crippen molar-refractivity contribution in [2.45, 2.75) is 60.8 Å². The molecule has 0 atom stereocenters. The Morgan fingerprint density at radius 2 is 1.67 bits per heavy atom. The van der Waals surface area contributed by atoms with E-state index in [4.69, 9.17) is 4.74 Å². The number of carboxylic acid groups (broad SMARTS) is 1. The van der Waals surface area contributed by atoms with Gasteiger partial charge in [0, 0.05) is 0 Å². The molecule has 118 valence electrons. The number of carbonyl (C=O) groups is 1. The minimum Gasteiger partial charge on any atom is -0.492 e. The topological polar surface area (TPSA) is 46.5 Å². The molecule has 1 aromatic carbocycles. The first-order chi connectivity index (χ1) is 9.75. The molecule has 0 spiro atoms. The predicted octanol–water partition coefficient (Wildman–Crippen LogP) is 4.50. The summed E-state index contributed by atoms with van der Waals surface area (Å²) in [6.07, 6.45) is 2.53. The molecule has 3 nitrogen and oxygen atoms in total. The number of hydrogen-bond donors (Lipinski definition) is 1. The minimum absolute atomic E-state index is 0.00338. The molecular weight excluding hydrogens is 264 g/mol. The van der Waals surface area contributed by atoms with E-state index < -0.39 is 5.97 Å². The largest absolute Gasteiger partial charge is 0.492 e. The molecule has 0 unspecified atom stereocenters. The Balaban J connectivity index is 3.45. The Morgan fingerprint density at radius 1 is 1.10 bits per heavy atom. The van der Waals surface area contributed by atoms with E-state index in [1.54, 1.807) is 6.07 Å². The third-order valence-corrected chi connectivity index (χ3v) is 3.56. The van der Waals surface area contributed by atoms with Crippen LogP contribution in [0.15, 0.2) is 6.07 Å². The van der Waals surface area contributed by atoms with Crippen LogP contribution in [0.1, 0.15) is 68.6 Å². The molecule has 0 aromatic heterocycles. The summed E-state index contributed by atoms with van der Waals surface area (Å²) < 4.78 is 5.95. The number of aromatic carboxylic acids is 1. The lowest BCUT2D eigenvalue weighted by Crippen LogP contribution is -2.20. The van der Waals surface area contributed by atoms with Crippen LogP contribution in [0.25, 0.3) is 0 Å². The zero-order valence-corrected chi connectivity index (χ0v) is 14.2. The number of carboxylic acids is 1. The molecule has 0 fully saturated rings. The van der Waals surface area contributed by atoms with E-state index in [1.165, 1.54) is 5.56 Å². The summed E-state index contributed by atoms with van der Waals surface area (Å²) in [5, 5.41) is 9.52. The summed E-state index contributed by atoms with van der Waals surface area (Å²) in [4.78, 5) is 11.6. The van der Waals surface area contributed by atoms with Crippen molar-refractivity contribution < 1.29 is 14.6 Å². The van der Waals surface area contributed by atoms with E-state index in [9.17, 15) is 9.90 Å². The second-order valence-corrected chi connectivity index (χ2v) is 6.58. The van der Waals surface area contributed by atoms with Gasteiger partial charge in [-0.3, -0.25) is 0 Å². The van der Waals surface area contributed by atoms with Crippen LogP contribution >= 0.6 is 0 Å². The third kappa shape index (κ3) is 4.23. The van der Waals surface area contributed by atoms with Gasteiger partial charge in [-0.05, 0) is 47.4 Å². The van der Waals surface area contributed by atoms with Gasteiger partial charge in [0.2, 0.25) is 0 Å². The van der Waals surface area contributed by atoms with Crippen molar-refractivity contribution in [2.75, 3.05) is 6.61 Å². The van der Waals surface area contributed by atoms with Crippen molar-refractivity contribution in [3.05, 3.63) is 28.3 Å². The lowest BCUT2D eigenvalue weighted by molar-refractivity contribution is 0.0689. The van der Waals surface area contributed by atoms with Gasteiger partial charge in [0.15, 0.2) is 0 Å². The van der Waals surface area contributed by atoms with Crippen molar-refractivity contribution in [3.8, 4) is 5.75 Å². The predicted molar refractivity (Wildman–Crippen MR) is 86.5 cm³/mol. The average molecular weight is 292 g/mol. The summed E-state index contributed by atoms with van der Waals surface area (Å²) >= 11 is 0. The fourth-order valence-electron chi connectivity index (χ4n) is 2.56. The van der Waals surface area contributed by atoms with Crippen LogP contribution in [0.4, 0.5) is 0 Å². The van der Waals surface area contributed by atoms with Gasteiger partial charge < -0.3 is 9.84 Å². The summed E-state index contributed by atoms with van der Waals surface area (Å²) in [5.41, 5.74) is 3.71. The molecule has 0 aliphatic carbocycles. The van der Waals surface area contributed by atoms with Crippen LogP contribution in [-0.2, 0) is 19.3 Å². The van der Waals surface area contributed by atoms with E-state index in [0.29, 0.717) is 17.9 Å². The third-order valence-electron chi connectivity index (χ3n) is 3.56. The molecule has 3 heteroatoms. The maximum atomic E-state index is 11.6. The Hall–Kier alpha value is -1.51. The van der Waals surface area contributed by atoms with Crippen molar-refractivity contribution in [1.82, 2.24) is 0 Å². The van der Waals surface area contributed by atoms with Crippen LogP contribution in [0.2, 0.25) is 0 Å².